The number of hydrogen-bond acceptors (Lipinski definition) is 5. The Morgan fingerprint density at radius 1 is 1.41 bits per heavy atom. The number of para-hydroxylation sites is 1. The lowest BCUT2D eigenvalue weighted by atomic mass is 10.1. The van der Waals surface area contributed by atoms with Crippen LogP contribution in [-0.4, -0.2) is 11.1 Å². The first-order valence-electron chi connectivity index (χ1n) is 5.13. The Morgan fingerprint density at radius 3 is 2.94 bits per heavy atom. The van der Waals surface area contributed by atoms with Crippen molar-refractivity contribution in [2.45, 2.75) is 13.0 Å². The Hall–Kier alpha value is -2.30. The van der Waals surface area contributed by atoms with Crippen molar-refractivity contribution in [2.24, 2.45) is 0 Å². The SMILES string of the molecule is Nc1ccccc1CC(=O)OCc1cnoc1. The van der Waals surface area contributed by atoms with Gasteiger partial charge in [-0.3, -0.25) is 4.79 Å². The number of carbonyl (C=O) groups is 1. The van der Waals surface area contributed by atoms with E-state index in [1.807, 2.05) is 12.1 Å². The zero-order chi connectivity index (χ0) is 12.1. The van der Waals surface area contributed by atoms with Crippen LogP contribution >= 0.6 is 0 Å². The molecule has 0 amide bonds. The first-order chi connectivity index (χ1) is 8.25. The molecule has 0 saturated carbocycles. The number of ether oxygens (including phenoxy) is 1. The van der Waals surface area contributed by atoms with Gasteiger partial charge in [0.05, 0.1) is 12.6 Å². The molecule has 0 atom stereocenters. The van der Waals surface area contributed by atoms with E-state index in [4.69, 9.17) is 10.5 Å². The highest BCUT2D eigenvalue weighted by Gasteiger charge is 2.08. The molecule has 0 fully saturated rings. The van der Waals surface area contributed by atoms with Crippen molar-refractivity contribution in [3.8, 4) is 0 Å². The molecule has 88 valence electrons. The third-order valence-corrected chi connectivity index (χ3v) is 2.27. The summed E-state index contributed by atoms with van der Waals surface area (Å²) in [5, 5.41) is 3.51. The van der Waals surface area contributed by atoms with Crippen molar-refractivity contribution in [2.75, 3.05) is 5.73 Å². The lowest BCUT2D eigenvalue weighted by Gasteiger charge is -2.05. The first kappa shape index (κ1) is 11.2. The van der Waals surface area contributed by atoms with Crippen molar-refractivity contribution >= 4 is 11.7 Å². The molecule has 5 heteroatoms. The van der Waals surface area contributed by atoms with Crippen LogP contribution in [0.1, 0.15) is 11.1 Å². The number of carbonyl (C=O) groups excluding carboxylic acids is 1. The minimum absolute atomic E-state index is 0.162. The van der Waals surface area contributed by atoms with Crippen LogP contribution in [-0.2, 0) is 22.6 Å². The maximum absolute atomic E-state index is 11.5. The minimum Gasteiger partial charge on any atom is -0.460 e. The largest absolute Gasteiger partial charge is 0.460 e. The molecular formula is C12H12N2O3. The molecule has 0 aliphatic heterocycles. The van der Waals surface area contributed by atoms with Crippen molar-refractivity contribution in [3.05, 3.63) is 47.9 Å². The molecule has 1 aromatic carbocycles. The summed E-state index contributed by atoms with van der Waals surface area (Å²) in [5.41, 5.74) is 7.81. The number of benzene rings is 1. The van der Waals surface area contributed by atoms with Gasteiger partial charge >= 0.3 is 5.97 Å². The highest BCUT2D eigenvalue weighted by Crippen LogP contribution is 2.12. The van der Waals surface area contributed by atoms with E-state index in [-0.39, 0.29) is 19.0 Å². The Labute approximate surface area is 98.2 Å². The fourth-order valence-electron chi connectivity index (χ4n) is 1.36. The topological polar surface area (TPSA) is 78.4 Å². The molecule has 0 aliphatic carbocycles. The summed E-state index contributed by atoms with van der Waals surface area (Å²) in [6.45, 7) is 0.162. The van der Waals surface area contributed by atoms with Crippen molar-refractivity contribution in [1.82, 2.24) is 5.16 Å². The van der Waals surface area contributed by atoms with Gasteiger partial charge in [0, 0.05) is 11.3 Å². The van der Waals surface area contributed by atoms with Gasteiger partial charge in [-0.05, 0) is 11.6 Å². The van der Waals surface area contributed by atoms with Gasteiger partial charge in [0.1, 0.15) is 12.9 Å². The number of nitrogens with two attached hydrogens (primary N) is 1. The summed E-state index contributed by atoms with van der Waals surface area (Å²) in [4.78, 5) is 11.5. The minimum atomic E-state index is -0.330. The van der Waals surface area contributed by atoms with Crippen LogP contribution in [0, 0.1) is 0 Å². The second-order valence-electron chi connectivity index (χ2n) is 3.57. The van der Waals surface area contributed by atoms with Crippen LogP contribution in [0.2, 0.25) is 0 Å². The summed E-state index contributed by atoms with van der Waals surface area (Å²) in [7, 11) is 0. The van der Waals surface area contributed by atoms with Crippen LogP contribution in [0.4, 0.5) is 5.69 Å². The Morgan fingerprint density at radius 2 is 2.24 bits per heavy atom. The second-order valence-corrected chi connectivity index (χ2v) is 3.57. The second kappa shape index (κ2) is 5.16. The van der Waals surface area contributed by atoms with Gasteiger partial charge in [-0.1, -0.05) is 23.4 Å². The molecule has 2 N–H and O–H groups in total. The highest BCUT2D eigenvalue weighted by molar-refractivity contribution is 5.74. The standard InChI is InChI=1S/C12H12N2O3/c13-11-4-2-1-3-10(11)5-12(15)16-7-9-6-14-17-8-9/h1-4,6,8H,5,7,13H2. The van der Waals surface area contributed by atoms with E-state index in [1.165, 1.54) is 12.5 Å². The van der Waals surface area contributed by atoms with Gasteiger partial charge in [-0.15, -0.1) is 0 Å². The third-order valence-electron chi connectivity index (χ3n) is 2.27. The molecule has 1 heterocycles. The molecule has 5 nitrogen and oxygen atoms in total. The molecule has 0 aliphatic rings. The van der Waals surface area contributed by atoms with E-state index in [9.17, 15) is 4.79 Å². The van der Waals surface area contributed by atoms with Gasteiger partial charge in [-0.25, -0.2) is 0 Å². The van der Waals surface area contributed by atoms with Gasteiger partial charge in [0.15, 0.2) is 0 Å². The zero-order valence-corrected chi connectivity index (χ0v) is 9.13. The van der Waals surface area contributed by atoms with E-state index in [2.05, 4.69) is 9.68 Å². The van der Waals surface area contributed by atoms with Crippen LogP contribution in [0.3, 0.4) is 0 Å². The summed E-state index contributed by atoms with van der Waals surface area (Å²) in [6, 6.07) is 7.21. The fraction of sp³-hybridized carbons (Fsp3) is 0.167. The van der Waals surface area contributed by atoms with Crippen LogP contribution < -0.4 is 5.73 Å². The number of nitrogens with zero attached hydrogens (tertiary/aromatic N) is 1. The maximum Gasteiger partial charge on any atom is 0.310 e. The number of nitrogen functional groups attached to an aromatic ring is 1. The predicted molar refractivity (Wildman–Crippen MR) is 60.9 cm³/mol. The zero-order valence-electron chi connectivity index (χ0n) is 9.13. The molecule has 0 radical (unpaired) electrons. The lowest BCUT2D eigenvalue weighted by Crippen LogP contribution is -2.09. The molecule has 2 aromatic rings. The van der Waals surface area contributed by atoms with Gasteiger partial charge < -0.3 is 15.0 Å². The number of aromatic nitrogens is 1. The number of rotatable bonds is 4. The molecule has 0 spiro atoms. The van der Waals surface area contributed by atoms with E-state index in [1.54, 1.807) is 12.1 Å². The summed E-state index contributed by atoms with van der Waals surface area (Å²) in [6.07, 6.45) is 3.10. The average molecular weight is 232 g/mol. The van der Waals surface area contributed by atoms with E-state index in [0.29, 0.717) is 5.69 Å². The smallest absolute Gasteiger partial charge is 0.310 e. The lowest BCUT2D eigenvalue weighted by molar-refractivity contribution is -0.144. The van der Waals surface area contributed by atoms with Crippen molar-refractivity contribution in [3.63, 3.8) is 0 Å². The van der Waals surface area contributed by atoms with Gasteiger partial charge in [-0.2, -0.15) is 0 Å². The van der Waals surface area contributed by atoms with Gasteiger partial charge in [0.2, 0.25) is 0 Å². The molecule has 17 heavy (non-hydrogen) atoms. The van der Waals surface area contributed by atoms with Crippen LogP contribution in [0.5, 0.6) is 0 Å². The molecule has 0 unspecified atom stereocenters. The van der Waals surface area contributed by atoms with Crippen molar-refractivity contribution in [1.29, 1.82) is 0 Å². The normalized spacial score (nSPS) is 10.1. The summed E-state index contributed by atoms with van der Waals surface area (Å²) in [5.74, 6) is -0.330. The first-order valence-corrected chi connectivity index (χ1v) is 5.13. The predicted octanol–water partition coefficient (Wildman–Crippen LogP) is 1.54. The average Bonchev–Trinajstić information content (AvgIpc) is 2.82. The summed E-state index contributed by atoms with van der Waals surface area (Å²) >= 11 is 0. The Kier molecular flexibility index (Phi) is 3.40. The van der Waals surface area contributed by atoms with E-state index >= 15 is 0 Å². The molecule has 1 aromatic heterocycles. The molecule has 0 saturated heterocycles. The van der Waals surface area contributed by atoms with Crippen molar-refractivity contribution < 1.29 is 14.1 Å². The maximum atomic E-state index is 11.5. The van der Waals surface area contributed by atoms with Crippen LogP contribution in [0.25, 0.3) is 0 Å². The number of esters is 1. The van der Waals surface area contributed by atoms with E-state index < -0.39 is 0 Å². The monoisotopic (exact) mass is 232 g/mol. The molecule has 0 bridgehead atoms. The molecule has 2 rings (SSSR count). The number of hydrogen-bond donors (Lipinski definition) is 1. The van der Waals surface area contributed by atoms with Crippen LogP contribution in [0.15, 0.2) is 41.2 Å². The highest BCUT2D eigenvalue weighted by atomic mass is 16.5. The fourth-order valence-corrected chi connectivity index (χ4v) is 1.36. The Bertz CT molecular complexity index is 494. The quantitative estimate of drug-likeness (QED) is 0.639. The van der Waals surface area contributed by atoms with E-state index in [0.717, 1.165) is 11.1 Å². The Balaban J connectivity index is 1.87. The molecular weight excluding hydrogens is 220 g/mol. The number of anilines is 1. The summed E-state index contributed by atoms with van der Waals surface area (Å²) < 4.78 is 9.67. The van der Waals surface area contributed by atoms with Gasteiger partial charge in [0.25, 0.3) is 0 Å². The third kappa shape index (κ3) is 3.07.